The number of aromatic nitrogens is 1. The van der Waals surface area contributed by atoms with Crippen molar-refractivity contribution < 1.29 is 0 Å². The Morgan fingerprint density at radius 2 is 1.95 bits per heavy atom. The zero-order valence-electron chi connectivity index (χ0n) is 14.1. The van der Waals surface area contributed by atoms with Crippen molar-refractivity contribution in [1.82, 2.24) is 15.2 Å². The summed E-state index contributed by atoms with van der Waals surface area (Å²) in [5.41, 5.74) is 1.31. The maximum absolute atomic E-state index is 4.66. The molecule has 1 aliphatic rings. The van der Waals surface area contributed by atoms with Gasteiger partial charge in [-0.15, -0.1) is 0 Å². The highest BCUT2D eigenvalue weighted by molar-refractivity contribution is 5.47. The molecule has 4 heteroatoms. The summed E-state index contributed by atoms with van der Waals surface area (Å²) in [7, 11) is 2.22. The van der Waals surface area contributed by atoms with Gasteiger partial charge in [0.25, 0.3) is 0 Å². The number of hydrogen-bond donors (Lipinski definition) is 1. The molecule has 2 atom stereocenters. The number of rotatable bonds is 5. The van der Waals surface area contributed by atoms with Crippen LogP contribution in [0.25, 0.3) is 0 Å². The lowest BCUT2D eigenvalue weighted by atomic mass is 10.1. The highest BCUT2D eigenvalue weighted by Crippen LogP contribution is 2.23. The van der Waals surface area contributed by atoms with Gasteiger partial charge in [-0.2, -0.15) is 0 Å². The standard InChI is InChI=1S/C17H30N4/c1-13(2)9-18-10-16-7-6-8-19-17(16)21-11-14(3)20(5)15(4)12-21/h6-8,13-15,18H,9-12H2,1-5H3. The fourth-order valence-electron chi connectivity index (χ4n) is 2.93. The lowest BCUT2D eigenvalue weighted by Gasteiger charge is -2.43. The monoisotopic (exact) mass is 290 g/mol. The average molecular weight is 290 g/mol. The summed E-state index contributed by atoms with van der Waals surface area (Å²) in [5, 5.41) is 3.53. The van der Waals surface area contributed by atoms with E-state index < -0.39 is 0 Å². The smallest absolute Gasteiger partial charge is 0.133 e. The van der Waals surface area contributed by atoms with Gasteiger partial charge in [-0.3, -0.25) is 4.90 Å². The van der Waals surface area contributed by atoms with Crippen LogP contribution in [0, 0.1) is 5.92 Å². The molecule has 0 bridgehead atoms. The summed E-state index contributed by atoms with van der Waals surface area (Å²) in [4.78, 5) is 9.56. The molecule has 21 heavy (non-hydrogen) atoms. The van der Waals surface area contributed by atoms with Gasteiger partial charge in [-0.05, 0) is 39.4 Å². The van der Waals surface area contributed by atoms with E-state index >= 15 is 0 Å². The van der Waals surface area contributed by atoms with Crippen LogP contribution in [0.1, 0.15) is 33.3 Å². The van der Waals surface area contributed by atoms with Crippen molar-refractivity contribution in [2.24, 2.45) is 5.92 Å². The van der Waals surface area contributed by atoms with Gasteiger partial charge < -0.3 is 10.2 Å². The highest BCUT2D eigenvalue weighted by atomic mass is 15.3. The predicted octanol–water partition coefficient (Wildman–Crippen LogP) is 2.36. The third-order valence-electron chi connectivity index (χ3n) is 4.39. The van der Waals surface area contributed by atoms with Gasteiger partial charge in [0.15, 0.2) is 0 Å². The molecule has 4 nitrogen and oxygen atoms in total. The first-order valence-corrected chi connectivity index (χ1v) is 8.10. The molecule has 1 fully saturated rings. The summed E-state index contributed by atoms with van der Waals surface area (Å²) in [5.74, 6) is 1.83. The van der Waals surface area contributed by atoms with E-state index in [1.807, 2.05) is 12.3 Å². The minimum atomic E-state index is 0.562. The van der Waals surface area contributed by atoms with Crippen LogP contribution in [0.2, 0.25) is 0 Å². The predicted molar refractivity (Wildman–Crippen MR) is 89.7 cm³/mol. The molecule has 0 aliphatic carbocycles. The Bertz CT molecular complexity index is 434. The topological polar surface area (TPSA) is 31.4 Å². The Balaban J connectivity index is 2.08. The van der Waals surface area contributed by atoms with Crippen LogP contribution in [-0.2, 0) is 6.54 Å². The molecule has 0 saturated carbocycles. The first-order valence-electron chi connectivity index (χ1n) is 8.10. The van der Waals surface area contributed by atoms with Crippen LogP contribution in [0.4, 0.5) is 5.82 Å². The van der Waals surface area contributed by atoms with E-state index in [0.29, 0.717) is 18.0 Å². The second-order valence-corrected chi connectivity index (χ2v) is 6.78. The van der Waals surface area contributed by atoms with Crippen molar-refractivity contribution in [3.05, 3.63) is 23.9 Å². The SMILES string of the molecule is CC(C)CNCc1cccnc1N1CC(C)N(C)C(C)C1. The number of nitrogens with zero attached hydrogens (tertiary/aromatic N) is 3. The van der Waals surface area contributed by atoms with Gasteiger partial charge in [0.2, 0.25) is 0 Å². The van der Waals surface area contributed by atoms with Gasteiger partial charge in [0.05, 0.1) is 0 Å². The summed E-state index contributed by atoms with van der Waals surface area (Å²) in [6.07, 6.45) is 1.91. The van der Waals surface area contributed by atoms with Crippen molar-refractivity contribution in [2.75, 3.05) is 31.6 Å². The van der Waals surface area contributed by atoms with Gasteiger partial charge >= 0.3 is 0 Å². The lowest BCUT2D eigenvalue weighted by Crippen LogP contribution is -2.55. The molecule has 1 aromatic heterocycles. The summed E-state index contributed by atoms with van der Waals surface area (Å²) in [6, 6.07) is 5.36. The molecule has 2 unspecified atom stereocenters. The summed E-state index contributed by atoms with van der Waals surface area (Å²) in [6.45, 7) is 13.1. The minimum absolute atomic E-state index is 0.562. The maximum atomic E-state index is 4.66. The first kappa shape index (κ1) is 16.2. The van der Waals surface area contributed by atoms with Gasteiger partial charge in [-0.25, -0.2) is 4.98 Å². The fraction of sp³-hybridized carbons (Fsp3) is 0.706. The van der Waals surface area contributed by atoms with Crippen LogP contribution < -0.4 is 10.2 Å². The second-order valence-electron chi connectivity index (χ2n) is 6.78. The van der Waals surface area contributed by atoms with Crippen molar-refractivity contribution in [1.29, 1.82) is 0 Å². The number of pyridine rings is 1. The quantitative estimate of drug-likeness (QED) is 0.902. The molecular formula is C17H30N4. The highest BCUT2D eigenvalue weighted by Gasteiger charge is 2.28. The molecule has 0 radical (unpaired) electrons. The van der Waals surface area contributed by atoms with Crippen molar-refractivity contribution >= 4 is 5.82 Å². The molecular weight excluding hydrogens is 260 g/mol. The Morgan fingerprint density at radius 3 is 2.57 bits per heavy atom. The third kappa shape index (κ3) is 4.17. The number of likely N-dealkylation sites (N-methyl/N-ethyl adjacent to an activating group) is 1. The number of hydrogen-bond acceptors (Lipinski definition) is 4. The van der Waals surface area contributed by atoms with Crippen molar-refractivity contribution in [3.8, 4) is 0 Å². The van der Waals surface area contributed by atoms with Crippen LogP contribution >= 0.6 is 0 Å². The molecule has 0 amide bonds. The van der Waals surface area contributed by atoms with Crippen LogP contribution in [0.3, 0.4) is 0 Å². The first-order chi connectivity index (χ1) is 9.99. The van der Waals surface area contributed by atoms with E-state index in [2.05, 4.69) is 60.9 Å². The van der Waals surface area contributed by atoms with Gasteiger partial charge in [0, 0.05) is 43.5 Å². The van der Waals surface area contributed by atoms with E-state index in [0.717, 1.165) is 32.0 Å². The molecule has 2 heterocycles. The molecule has 118 valence electrons. The zero-order chi connectivity index (χ0) is 15.4. The average Bonchev–Trinajstić information content (AvgIpc) is 2.44. The summed E-state index contributed by atoms with van der Waals surface area (Å²) >= 11 is 0. The van der Waals surface area contributed by atoms with E-state index in [-0.39, 0.29) is 0 Å². The van der Waals surface area contributed by atoms with Crippen LogP contribution in [-0.4, -0.2) is 48.6 Å². The minimum Gasteiger partial charge on any atom is -0.353 e. The molecule has 1 aliphatic heterocycles. The Morgan fingerprint density at radius 1 is 1.29 bits per heavy atom. The molecule has 1 saturated heterocycles. The maximum Gasteiger partial charge on any atom is 0.133 e. The summed E-state index contributed by atoms with van der Waals surface area (Å²) < 4.78 is 0. The number of nitrogens with one attached hydrogen (secondary N) is 1. The Labute approximate surface area is 129 Å². The molecule has 1 aromatic rings. The van der Waals surface area contributed by atoms with Crippen molar-refractivity contribution in [2.45, 2.75) is 46.3 Å². The molecule has 1 N–H and O–H groups in total. The van der Waals surface area contributed by atoms with E-state index in [9.17, 15) is 0 Å². The molecule has 0 aromatic carbocycles. The Hall–Kier alpha value is -1.13. The fourth-order valence-corrected chi connectivity index (χ4v) is 2.93. The molecule has 2 rings (SSSR count). The van der Waals surface area contributed by atoms with Crippen LogP contribution in [0.5, 0.6) is 0 Å². The second kappa shape index (κ2) is 7.23. The normalized spacial score (nSPS) is 23.8. The van der Waals surface area contributed by atoms with Crippen molar-refractivity contribution in [3.63, 3.8) is 0 Å². The van der Waals surface area contributed by atoms with Gasteiger partial charge in [-0.1, -0.05) is 19.9 Å². The van der Waals surface area contributed by atoms with Gasteiger partial charge in [0.1, 0.15) is 5.82 Å². The Kier molecular flexibility index (Phi) is 5.59. The van der Waals surface area contributed by atoms with E-state index in [4.69, 9.17) is 0 Å². The zero-order valence-corrected chi connectivity index (χ0v) is 14.1. The molecule has 0 spiro atoms. The van der Waals surface area contributed by atoms with E-state index in [1.165, 1.54) is 5.56 Å². The largest absolute Gasteiger partial charge is 0.353 e. The van der Waals surface area contributed by atoms with Crippen LogP contribution in [0.15, 0.2) is 18.3 Å². The van der Waals surface area contributed by atoms with E-state index in [1.54, 1.807) is 0 Å². The third-order valence-corrected chi connectivity index (χ3v) is 4.39. The lowest BCUT2D eigenvalue weighted by molar-refractivity contribution is 0.169. The number of piperazine rings is 1. The number of anilines is 1.